The molecule has 0 radical (unpaired) electrons. The summed E-state index contributed by atoms with van der Waals surface area (Å²) < 4.78 is 0. The molecule has 0 atom stereocenters. The van der Waals surface area contributed by atoms with Gasteiger partial charge in [0.15, 0.2) is 0 Å². The Hall–Kier alpha value is 0.250. The van der Waals surface area contributed by atoms with Crippen LogP contribution in [0.15, 0.2) is 0 Å². The van der Waals surface area contributed by atoms with E-state index >= 15 is 0 Å². The zero-order valence-electron chi connectivity index (χ0n) is 9.16. The Morgan fingerprint density at radius 2 is 1.08 bits per heavy atom. The molecule has 0 aromatic carbocycles. The molecule has 0 unspecified atom stereocenters. The molecule has 0 heterocycles. The number of quaternary nitrogens is 1. The molecule has 0 aliphatic rings. The third-order valence-electron chi connectivity index (χ3n) is 2.35. The maximum absolute atomic E-state index is 3.84. The molecule has 0 aliphatic carbocycles. The average Bonchev–Trinajstić information content (AvgIpc) is 2.10. The second kappa shape index (κ2) is 14.8. The molecule has 0 saturated heterocycles. The fourth-order valence-corrected chi connectivity index (χ4v) is 1.49. The van der Waals surface area contributed by atoms with Crippen molar-refractivity contribution in [2.45, 2.75) is 64.7 Å². The molecule has 0 fully saturated rings. The van der Waals surface area contributed by atoms with Gasteiger partial charge >= 0.3 is 0 Å². The van der Waals surface area contributed by atoms with Gasteiger partial charge in [0.05, 0.1) is 6.54 Å². The summed E-state index contributed by atoms with van der Waals surface area (Å²) in [4.78, 5) is 0. The van der Waals surface area contributed by atoms with Gasteiger partial charge in [-0.1, -0.05) is 51.9 Å². The number of halogens is 1. The first-order valence-electron chi connectivity index (χ1n) is 5.71. The minimum absolute atomic E-state index is 0. The van der Waals surface area contributed by atoms with Crippen molar-refractivity contribution in [3.05, 3.63) is 0 Å². The summed E-state index contributed by atoms with van der Waals surface area (Å²) in [5.41, 5.74) is 3.84. The van der Waals surface area contributed by atoms with Crippen LogP contribution in [0.25, 0.3) is 0 Å². The first-order chi connectivity index (χ1) is 5.91. The molecule has 0 bridgehead atoms. The van der Waals surface area contributed by atoms with Crippen molar-refractivity contribution in [3.63, 3.8) is 0 Å². The Balaban J connectivity index is 0. The van der Waals surface area contributed by atoms with E-state index in [1.54, 1.807) is 0 Å². The molecule has 0 amide bonds. The minimum atomic E-state index is 0. The van der Waals surface area contributed by atoms with E-state index < -0.39 is 0 Å². The Bertz CT molecular complexity index is 66.5. The smallest absolute Gasteiger partial charge is 0.0739 e. The van der Waals surface area contributed by atoms with Crippen molar-refractivity contribution in [1.29, 1.82) is 0 Å². The van der Waals surface area contributed by atoms with Crippen molar-refractivity contribution in [1.82, 2.24) is 0 Å². The van der Waals surface area contributed by atoms with Crippen LogP contribution in [0.2, 0.25) is 0 Å². The molecular weight excluding hydrogens is 182 g/mol. The van der Waals surface area contributed by atoms with E-state index in [4.69, 9.17) is 0 Å². The Morgan fingerprint density at radius 1 is 0.692 bits per heavy atom. The lowest BCUT2D eigenvalue weighted by atomic mass is 10.1. The predicted octanol–water partition coefficient (Wildman–Crippen LogP) is -0.237. The Kier molecular flexibility index (Phi) is 17.8. The van der Waals surface area contributed by atoms with Crippen LogP contribution < -0.4 is 18.1 Å². The number of hydrogen-bond donors (Lipinski definition) is 1. The van der Waals surface area contributed by atoms with Gasteiger partial charge < -0.3 is 18.1 Å². The van der Waals surface area contributed by atoms with Gasteiger partial charge in [0, 0.05) is 0 Å². The minimum Gasteiger partial charge on any atom is -1.00 e. The molecule has 1 nitrogen and oxygen atoms in total. The summed E-state index contributed by atoms with van der Waals surface area (Å²) in [6, 6.07) is 0. The Morgan fingerprint density at radius 3 is 1.46 bits per heavy atom. The molecule has 13 heavy (non-hydrogen) atoms. The number of unbranched alkanes of at least 4 members (excludes halogenated alkanes) is 8. The SMILES string of the molecule is CCCCCCCCCCC[NH3+].[Cl-]. The lowest BCUT2D eigenvalue weighted by Crippen LogP contribution is -3.00. The van der Waals surface area contributed by atoms with Crippen molar-refractivity contribution < 1.29 is 18.1 Å². The van der Waals surface area contributed by atoms with Crippen molar-refractivity contribution in [2.24, 2.45) is 0 Å². The predicted molar refractivity (Wildman–Crippen MR) is 55.0 cm³/mol. The van der Waals surface area contributed by atoms with Crippen LogP contribution >= 0.6 is 0 Å². The van der Waals surface area contributed by atoms with E-state index in [2.05, 4.69) is 12.7 Å². The summed E-state index contributed by atoms with van der Waals surface area (Å²) in [5.74, 6) is 0. The normalized spacial score (nSPS) is 9.69. The lowest BCUT2D eigenvalue weighted by Gasteiger charge is -1.99. The zero-order valence-corrected chi connectivity index (χ0v) is 9.91. The van der Waals surface area contributed by atoms with Crippen LogP contribution in [0, 0.1) is 0 Å². The largest absolute Gasteiger partial charge is 1.00 e. The van der Waals surface area contributed by atoms with E-state index in [9.17, 15) is 0 Å². The number of rotatable bonds is 9. The van der Waals surface area contributed by atoms with Crippen LogP contribution in [-0.4, -0.2) is 6.54 Å². The van der Waals surface area contributed by atoms with Gasteiger partial charge in [-0.25, -0.2) is 0 Å². The van der Waals surface area contributed by atoms with Crippen molar-refractivity contribution in [3.8, 4) is 0 Å². The maximum atomic E-state index is 3.84. The van der Waals surface area contributed by atoms with Crippen molar-refractivity contribution in [2.75, 3.05) is 6.54 Å². The molecule has 0 aliphatic heterocycles. The zero-order chi connectivity index (χ0) is 9.07. The highest BCUT2D eigenvalue weighted by atomic mass is 35.5. The molecule has 0 aromatic rings. The topological polar surface area (TPSA) is 27.6 Å². The molecule has 0 aromatic heterocycles. The van der Waals surface area contributed by atoms with Gasteiger partial charge in [-0.05, 0) is 12.8 Å². The van der Waals surface area contributed by atoms with Crippen LogP contribution in [-0.2, 0) is 0 Å². The summed E-state index contributed by atoms with van der Waals surface area (Å²) in [6.45, 7) is 3.39. The van der Waals surface area contributed by atoms with Gasteiger partial charge in [0.25, 0.3) is 0 Å². The molecule has 0 saturated carbocycles. The van der Waals surface area contributed by atoms with Crippen LogP contribution in [0.1, 0.15) is 64.7 Å². The highest BCUT2D eigenvalue weighted by Crippen LogP contribution is 2.08. The lowest BCUT2D eigenvalue weighted by molar-refractivity contribution is -0.368. The van der Waals surface area contributed by atoms with E-state index in [1.165, 1.54) is 57.8 Å². The van der Waals surface area contributed by atoms with Gasteiger partial charge in [0.2, 0.25) is 0 Å². The average molecular weight is 208 g/mol. The van der Waals surface area contributed by atoms with Crippen LogP contribution in [0.3, 0.4) is 0 Å². The first kappa shape index (κ1) is 15.7. The summed E-state index contributed by atoms with van der Waals surface area (Å²) >= 11 is 0. The second-order valence-corrected chi connectivity index (χ2v) is 3.68. The van der Waals surface area contributed by atoms with E-state index in [0.717, 1.165) is 6.54 Å². The standard InChI is InChI=1S/C11H25N.ClH/c1-2-3-4-5-6-7-8-9-10-11-12;/h2-12H2,1H3;1H. The fourth-order valence-electron chi connectivity index (χ4n) is 1.49. The van der Waals surface area contributed by atoms with Gasteiger partial charge in [-0.3, -0.25) is 0 Å². The van der Waals surface area contributed by atoms with E-state index in [1.807, 2.05) is 0 Å². The molecular formula is C11H26ClN. The summed E-state index contributed by atoms with van der Waals surface area (Å²) in [7, 11) is 0. The first-order valence-corrected chi connectivity index (χ1v) is 5.71. The van der Waals surface area contributed by atoms with Crippen LogP contribution in [0.4, 0.5) is 0 Å². The molecule has 0 spiro atoms. The van der Waals surface area contributed by atoms with Gasteiger partial charge in [0.1, 0.15) is 0 Å². The number of hydrogen-bond acceptors (Lipinski definition) is 0. The highest BCUT2D eigenvalue weighted by Gasteiger charge is 1.90. The fraction of sp³-hybridized carbons (Fsp3) is 1.00. The van der Waals surface area contributed by atoms with Gasteiger partial charge in [-0.15, -0.1) is 0 Å². The second-order valence-electron chi connectivity index (χ2n) is 3.68. The van der Waals surface area contributed by atoms with E-state index in [-0.39, 0.29) is 12.4 Å². The molecule has 3 N–H and O–H groups in total. The van der Waals surface area contributed by atoms with E-state index in [0.29, 0.717) is 0 Å². The third-order valence-corrected chi connectivity index (χ3v) is 2.35. The molecule has 82 valence electrons. The maximum Gasteiger partial charge on any atom is 0.0739 e. The van der Waals surface area contributed by atoms with Crippen LogP contribution in [0.5, 0.6) is 0 Å². The summed E-state index contributed by atoms with van der Waals surface area (Å²) in [5, 5.41) is 0. The third kappa shape index (κ3) is 15.0. The highest BCUT2D eigenvalue weighted by molar-refractivity contribution is 4.45. The molecule has 2 heteroatoms. The molecule has 0 rings (SSSR count). The quantitative estimate of drug-likeness (QED) is 0.506. The summed E-state index contributed by atoms with van der Waals surface area (Å²) in [6.07, 6.45) is 12.8. The Labute approximate surface area is 89.9 Å². The monoisotopic (exact) mass is 207 g/mol. The van der Waals surface area contributed by atoms with Gasteiger partial charge in [-0.2, -0.15) is 0 Å². The van der Waals surface area contributed by atoms with Crippen molar-refractivity contribution >= 4 is 0 Å².